The van der Waals surface area contributed by atoms with E-state index in [4.69, 9.17) is 10.1 Å². The van der Waals surface area contributed by atoms with Gasteiger partial charge in [0.15, 0.2) is 5.17 Å². The summed E-state index contributed by atoms with van der Waals surface area (Å²) in [5.74, 6) is 0.570. The first kappa shape index (κ1) is 15.2. The standard InChI is InChI=1S/C17H14N2O3S/c1-22-14-7-5-12(6-8-14)19-16(21)15(23-17(19)18)10-11-3-2-4-13(20)9-11/h2-10,18,20H,1H3/b15-10-,18-17?. The van der Waals surface area contributed by atoms with Crippen LogP contribution in [0.25, 0.3) is 6.08 Å². The highest BCUT2D eigenvalue weighted by Gasteiger charge is 2.33. The van der Waals surface area contributed by atoms with E-state index >= 15 is 0 Å². The minimum atomic E-state index is -0.256. The average Bonchev–Trinajstić information content (AvgIpc) is 2.81. The van der Waals surface area contributed by atoms with Crippen LogP contribution in [-0.4, -0.2) is 23.3 Å². The number of amidine groups is 1. The van der Waals surface area contributed by atoms with Gasteiger partial charge in [-0.2, -0.15) is 0 Å². The fourth-order valence-electron chi connectivity index (χ4n) is 2.22. The monoisotopic (exact) mass is 326 g/mol. The molecule has 6 heteroatoms. The van der Waals surface area contributed by atoms with Crippen molar-refractivity contribution in [2.75, 3.05) is 12.0 Å². The summed E-state index contributed by atoms with van der Waals surface area (Å²) in [6.07, 6.45) is 1.67. The molecule has 0 aliphatic carbocycles. The molecule has 2 N–H and O–H groups in total. The van der Waals surface area contributed by atoms with Crippen molar-refractivity contribution in [3.63, 3.8) is 0 Å². The summed E-state index contributed by atoms with van der Waals surface area (Å²) in [5.41, 5.74) is 1.33. The van der Waals surface area contributed by atoms with Crippen LogP contribution in [0, 0.1) is 5.41 Å². The third kappa shape index (κ3) is 3.07. The quantitative estimate of drug-likeness (QED) is 0.847. The summed E-state index contributed by atoms with van der Waals surface area (Å²) < 4.78 is 5.10. The minimum Gasteiger partial charge on any atom is -0.508 e. The predicted molar refractivity (Wildman–Crippen MR) is 91.9 cm³/mol. The molecule has 5 nitrogen and oxygen atoms in total. The van der Waals surface area contributed by atoms with E-state index in [9.17, 15) is 9.90 Å². The second kappa shape index (κ2) is 6.18. The zero-order chi connectivity index (χ0) is 16.4. The second-order valence-electron chi connectivity index (χ2n) is 4.85. The molecule has 0 atom stereocenters. The van der Waals surface area contributed by atoms with Crippen LogP contribution < -0.4 is 9.64 Å². The van der Waals surface area contributed by atoms with Gasteiger partial charge in [-0.3, -0.25) is 15.1 Å². The van der Waals surface area contributed by atoms with E-state index < -0.39 is 0 Å². The van der Waals surface area contributed by atoms with Crippen LogP contribution in [0.3, 0.4) is 0 Å². The molecule has 1 saturated heterocycles. The van der Waals surface area contributed by atoms with Crippen LogP contribution in [0.2, 0.25) is 0 Å². The Morgan fingerprint density at radius 1 is 1.22 bits per heavy atom. The number of phenols is 1. The molecule has 2 aromatic carbocycles. The first-order chi connectivity index (χ1) is 11.1. The second-order valence-corrected chi connectivity index (χ2v) is 5.88. The van der Waals surface area contributed by atoms with Gasteiger partial charge in [0.1, 0.15) is 11.5 Å². The number of thioether (sulfide) groups is 1. The third-order valence-electron chi connectivity index (χ3n) is 3.32. The van der Waals surface area contributed by atoms with Crippen LogP contribution in [0.15, 0.2) is 53.4 Å². The van der Waals surface area contributed by atoms with Crippen molar-refractivity contribution in [2.45, 2.75) is 0 Å². The molecule has 0 saturated carbocycles. The summed E-state index contributed by atoms with van der Waals surface area (Å²) in [6, 6.07) is 13.6. The Balaban J connectivity index is 1.90. The van der Waals surface area contributed by atoms with Crippen molar-refractivity contribution < 1.29 is 14.6 Å². The Labute approximate surface area is 137 Å². The number of anilines is 1. The number of amides is 1. The van der Waals surface area contributed by atoms with Crippen molar-refractivity contribution in [3.8, 4) is 11.5 Å². The van der Waals surface area contributed by atoms with Crippen molar-refractivity contribution >= 4 is 34.6 Å². The van der Waals surface area contributed by atoms with E-state index in [1.54, 1.807) is 61.7 Å². The van der Waals surface area contributed by atoms with E-state index in [0.717, 1.165) is 11.8 Å². The highest BCUT2D eigenvalue weighted by Crippen LogP contribution is 2.35. The lowest BCUT2D eigenvalue weighted by molar-refractivity contribution is -0.113. The molecule has 0 aromatic heterocycles. The lowest BCUT2D eigenvalue weighted by atomic mass is 10.2. The first-order valence-corrected chi connectivity index (χ1v) is 7.66. The minimum absolute atomic E-state index is 0.136. The number of nitrogens with zero attached hydrogens (tertiary/aromatic N) is 1. The molecule has 0 bridgehead atoms. The van der Waals surface area contributed by atoms with Gasteiger partial charge in [0.25, 0.3) is 5.91 Å². The topological polar surface area (TPSA) is 73.6 Å². The molecule has 0 spiro atoms. The van der Waals surface area contributed by atoms with Gasteiger partial charge in [0.05, 0.1) is 17.7 Å². The van der Waals surface area contributed by atoms with Crippen LogP contribution in [0.1, 0.15) is 5.56 Å². The Kier molecular flexibility index (Phi) is 4.08. The maximum atomic E-state index is 12.6. The summed E-state index contributed by atoms with van der Waals surface area (Å²) >= 11 is 1.10. The fourth-order valence-corrected chi connectivity index (χ4v) is 3.08. The molecule has 2 aromatic rings. The maximum Gasteiger partial charge on any atom is 0.271 e. The number of rotatable bonds is 3. The van der Waals surface area contributed by atoms with Crippen molar-refractivity contribution in [1.82, 2.24) is 0 Å². The lowest BCUT2D eigenvalue weighted by Crippen LogP contribution is -2.27. The Morgan fingerprint density at radius 2 is 1.96 bits per heavy atom. The van der Waals surface area contributed by atoms with Crippen LogP contribution in [-0.2, 0) is 4.79 Å². The molecule has 1 aliphatic rings. The van der Waals surface area contributed by atoms with Gasteiger partial charge >= 0.3 is 0 Å². The number of benzene rings is 2. The van der Waals surface area contributed by atoms with E-state index in [-0.39, 0.29) is 16.8 Å². The molecule has 1 heterocycles. The largest absolute Gasteiger partial charge is 0.508 e. The summed E-state index contributed by atoms with van der Waals surface area (Å²) in [5, 5.41) is 17.7. The normalized spacial score (nSPS) is 16.2. The highest BCUT2D eigenvalue weighted by atomic mass is 32.2. The van der Waals surface area contributed by atoms with Crippen LogP contribution >= 0.6 is 11.8 Å². The summed E-state index contributed by atoms with van der Waals surface area (Å²) in [7, 11) is 1.57. The molecule has 1 fully saturated rings. The van der Waals surface area contributed by atoms with Crippen molar-refractivity contribution in [1.29, 1.82) is 5.41 Å². The maximum absolute atomic E-state index is 12.6. The molecule has 0 radical (unpaired) electrons. The van der Waals surface area contributed by atoms with Gasteiger partial charge in [-0.25, -0.2) is 0 Å². The molecule has 23 heavy (non-hydrogen) atoms. The average molecular weight is 326 g/mol. The lowest BCUT2D eigenvalue weighted by Gasteiger charge is -2.14. The van der Waals surface area contributed by atoms with Gasteiger partial charge in [-0.05, 0) is 59.8 Å². The molecular formula is C17H14N2O3S. The number of carbonyl (C=O) groups is 1. The highest BCUT2D eigenvalue weighted by molar-refractivity contribution is 8.19. The summed E-state index contributed by atoms with van der Waals surface area (Å²) in [4.78, 5) is 14.3. The van der Waals surface area contributed by atoms with E-state index in [1.807, 2.05) is 0 Å². The molecule has 3 rings (SSSR count). The van der Waals surface area contributed by atoms with Gasteiger partial charge < -0.3 is 9.84 Å². The Hall–Kier alpha value is -2.73. The SMILES string of the molecule is COc1ccc(N2C(=N)S/C(=C\c3cccc(O)c3)C2=O)cc1. The molecule has 0 unspecified atom stereocenters. The van der Waals surface area contributed by atoms with E-state index in [0.29, 0.717) is 21.9 Å². The Morgan fingerprint density at radius 3 is 2.61 bits per heavy atom. The zero-order valence-corrected chi connectivity index (χ0v) is 13.1. The van der Waals surface area contributed by atoms with Crippen molar-refractivity contribution in [3.05, 3.63) is 59.0 Å². The van der Waals surface area contributed by atoms with Gasteiger partial charge in [0, 0.05) is 0 Å². The van der Waals surface area contributed by atoms with Crippen LogP contribution in [0.4, 0.5) is 5.69 Å². The first-order valence-electron chi connectivity index (χ1n) is 6.84. The number of aromatic hydroxyl groups is 1. The summed E-state index contributed by atoms with van der Waals surface area (Å²) in [6.45, 7) is 0. The molecule has 116 valence electrons. The smallest absolute Gasteiger partial charge is 0.271 e. The number of carbonyl (C=O) groups excluding carboxylic acids is 1. The van der Waals surface area contributed by atoms with Gasteiger partial charge in [-0.1, -0.05) is 12.1 Å². The van der Waals surface area contributed by atoms with Gasteiger partial charge in [-0.15, -0.1) is 0 Å². The number of nitrogens with one attached hydrogen (secondary N) is 1. The van der Waals surface area contributed by atoms with Crippen molar-refractivity contribution in [2.24, 2.45) is 0 Å². The number of hydrogen-bond donors (Lipinski definition) is 2. The number of ether oxygens (including phenoxy) is 1. The number of hydrogen-bond acceptors (Lipinski definition) is 5. The third-order valence-corrected chi connectivity index (χ3v) is 4.21. The number of methoxy groups -OCH3 is 1. The number of phenolic OH excluding ortho intramolecular Hbond substituents is 1. The zero-order valence-electron chi connectivity index (χ0n) is 12.3. The molecule has 1 aliphatic heterocycles. The molecule has 1 amide bonds. The Bertz CT molecular complexity index is 800. The van der Waals surface area contributed by atoms with Crippen LogP contribution in [0.5, 0.6) is 11.5 Å². The predicted octanol–water partition coefficient (Wildman–Crippen LogP) is 3.46. The van der Waals surface area contributed by atoms with Gasteiger partial charge in [0.2, 0.25) is 0 Å². The molecular weight excluding hydrogens is 312 g/mol. The van der Waals surface area contributed by atoms with E-state index in [2.05, 4.69) is 0 Å². The van der Waals surface area contributed by atoms with E-state index in [1.165, 1.54) is 4.90 Å². The fraction of sp³-hybridized carbons (Fsp3) is 0.0588.